The zero-order chi connectivity index (χ0) is 28.7. The molecule has 0 saturated carbocycles. The van der Waals surface area contributed by atoms with Crippen molar-refractivity contribution in [2.24, 2.45) is 0 Å². The van der Waals surface area contributed by atoms with Gasteiger partial charge in [-0.2, -0.15) is 0 Å². The molecule has 1 N–H and O–H groups in total. The summed E-state index contributed by atoms with van der Waals surface area (Å²) < 4.78 is 27.2. The molecular weight excluding hydrogens is 625 g/mol. The Morgan fingerprint density at radius 1 is 0.923 bits per heavy atom. The highest BCUT2D eigenvalue weighted by atomic mass is 79.9. The van der Waals surface area contributed by atoms with Crippen molar-refractivity contribution in [1.82, 2.24) is 10.2 Å². The highest BCUT2D eigenvalue weighted by Crippen LogP contribution is 2.30. The summed E-state index contributed by atoms with van der Waals surface area (Å²) in [7, 11) is -3.88. The minimum Gasteiger partial charge on any atom is -0.352 e. The second-order valence-electron chi connectivity index (χ2n) is 9.31. The molecule has 208 valence electrons. The van der Waals surface area contributed by atoms with E-state index in [1.165, 1.54) is 4.90 Å². The van der Waals surface area contributed by atoms with Crippen LogP contribution >= 0.6 is 39.1 Å². The van der Waals surface area contributed by atoms with Gasteiger partial charge in [0, 0.05) is 39.1 Å². The van der Waals surface area contributed by atoms with E-state index in [1.54, 1.807) is 42.5 Å². The van der Waals surface area contributed by atoms with Gasteiger partial charge in [0.15, 0.2) is 0 Å². The first-order valence-corrected chi connectivity index (χ1v) is 15.6. The topological polar surface area (TPSA) is 86.8 Å². The molecule has 39 heavy (non-hydrogen) atoms. The Balaban J connectivity index is 2.11. The van der Waals surface area contributed by atoms with E-state index in [0.29, 0.717) is 25.8 Å². The highest BCUT2D eigenvalue weighted by molar-refractivity contribution is 9.10. The van der Waals surface area contributed by atoms with Gasteiger partial charge in [-0.25, -0.2) is 8.42 Å². The maximum Gasteiger partial charge on any atom is 0.244 e. The third kappa shape index (κ3) is 8.45. The summed E-state index contributed by atoms with van der Waals surface area (Å²) in [5, 5.41) is 3.55. The van der Waals surface area contributed by atoms with Crippen LogP contribution in [0.4, 0.5) is 5.69 Å². The zero-order valence-electron chi connectivity index (χ0n) is 21.8. The Morgan fingerprint density at radius 2 is 1.51 bits per heavy atom. The summed E-state index contributed by atoms with van der Waals surface area (Å²) in [5.74, 6) is -0.968. The first-order valence-electron chi connectivity index (χ1n) is 12.2. The fraction of sp³-hybridized carbons (Fsp3) is 0.286. The van der Waals surface area contributed by atoms with E-state index >= 15 is 0 Å². The second-order valence-corrected chi connectivity index (χ2v) is 12.9. The van der Waals surface area contributed by atoms with Gasteiger partial charge in [-0.05, 0) is 59.6 Å². The normalized spacial score (nSPS) is 12.2. The van der Waals surface area contributed by atoms with Crippen LogP contribution in [-0.4, -0.2) is 50.0 Å². The lowest BCUT2D eigenvalue weighted by Crippen LogP contribution is -2.54. The highest BCUT2D eigenvalue weighted by Gasteiger charge is 2.34. The lowest BCUT2D eigenvalue weighted by atomic mass is 10.0. The zero-order valence-corrected chi connectivity index (χ0v) is 25.7. The molecule has 0 aliphatic heterocycles. The average molecular weight is 655 g/mol. The fourth-order valence-electron chi connectivity index (χ4n) is 4.04. The summed E-state index contributed by atoms with van der Waals surface area (Å²) in [4.78, 5) is 29.0. The van der Waals surface area contributed by atoms with Crippen molar-refractivity contribution in [3.05, 3.63) is 98.4 Å². The van der Waals surface area contributed by atoms with Crippen LogP contribution in [0.5, 0.6) is 0 Å². The first-order chi connectivity index (χ1) is 18.4. The number of nitrogens with zero attached hydrogens (tertiary/aromatic N) is 2. The maximum atomic E-state index is 14.1. The Hall–Kier alpha value is -2.59. The van der Waals surface area contributed by atoms with E-state index in [1.807, 2.05) is 44.2 Å². The van der Waals surface area contributed by atoms with Gasteiger partial charge in [-0.15, -0.1) is 0 Å². The second kappa shape index (κ2) is 13.7. The van der Waals surface area contributed by atoms with Gasteiger partial charge in [0.05, 0.1) is 11.9 Å². The Bertz CT molecular complexity index is 1400. The molecule has 0 fully saturated rings. The van der Waals surface area contributed by atoms with Crippen molar-refractivity contribution in [2.75, 3.05) is 17.1 Å². The molecule has 0 aliphatic carbocycles. The molecule has 2 amide bonds. The SMILES string of the molecule is CC(C)NC(=O)[C@H](Cc1ccccc1)N(Cc1c(Cl)cccc1Cl)C(=O)CN(c1ccccc1Br)S(C)(=O)=O. The Labute approximate surface area is 248 Å². The molecule has 7 nitrogen and oxygen atoms in total. The molecular formula is C28H30BrCl2N3O4S. The average Bonchev–Trinajstić information content (AvgIpc) is 2.86. The molecule has 0 aliphatic rings. The monoisotopic (exact) mass is 653 g/mol. The van der Waals surface area contributed by atoms with Gasteiger partial charge >= 0.3 is 0 Å². The molecule has 0 bridgehead atoms. The molecule has 3 rings (SSSR count). The number of nitrogens with one attached hydrogen (secondary N) is 1. The van der Waals surface area contributed by atoms with Crippen LogP contribution in [0.25, 0.3) is 0 Å². The first kappa shape index (κ1) is 30.9. The lowest BCUT2D eigenvalue weighted by molar-refractivity contribution is -0.140. The van der Waals surface area contributed by atoms with E-state index in [-0.39, 0.29) is 24.9 Å². The van der Waals surface area contributed by atoms with Gasteiger partial charge in [0.2, 0.25) is 21.8 Å². The standard InChI is InChI=1S/C28H30BrCl2N3O4S/c1-19(2)32-28(36)26(16-20-10-5-4-6-11-20)33(17-21-23(30)13-9-14-24(21)31)27(35)18-34(39(3,37)38)25-15-8-7-12-22(25)29/h4-15,19,26H,16-18H2,1-3H3,(H,32,36)/t26-/m0/s1. The van der Waals surface area contributed by atoms with Crippen LogP contribution in [0.1, 0.15) is 25.0 Å². The Kier molecular flexibility index (Phi) is 10.8. The molecule has 11 heteroatoms. The smallest absolute Gasteiger partial charge is 0.244 e. The van der Waals surface area contributed by atoms with Crippen LogP contribution in [0.15, 0.2) is 77.3 Å². The summed E-state index contributed by atoms with van der Waals surface area (Å²) in [6, 6.07) is 19.8. The number of hydrogen-bond acceptors (Lipinski definition) is 4. The predicted molar refractivity (Wildman–Crippen MR) is 161 cm³/mol. The third-order valence-electron chi connectivity index (χ3n) is 5.89. The quantitative estimate of drug-likeness (QED) is 0.288. The maximum absolute atomic E-state index is 14.1. The number of hydrogen-bond donors (Lipinski definition) is 1. The van der Waals surface area contributed by atoms with E-state index in [0.717, 1.165) is 16.1 Å². The number of rotatable bonds is 11. The molecule has 0 heterocycles. The summed E-state index contributed by atoms with van der Waals surface area (Å²) >= 11 is 16.3. The third-order valence-corrected chi connectivity index (χ3v) is 8.40. The largest absolute Gasteiger partial charge is 0.352 e. The molecule has 1 atom stereocenters. The molecule has 0 spiro atoms. The molecule has 3 aromatic carbocycles. The minimum absolute atomic E-state index is 0.103. The number of anilines is 1. The van der Waals surface area contributed by atoms with Gasteiger partial charge in [-0.1, -0.05) is 71.7 Å². The van der Waals surface area contributed by atoms with Gasteiger partial charge in [0.25, 0.3) is 0 Å². The number of para-hydroxylation sites is 1. The van der Waals surface area contributed by atoms with Crippen molar-refractivity contribution in [1.29, 1.82) is 0 Å². The van der Waals surface area contributed by atoms with Crippen molar-refractivity contribution in [3.63, 3.8) is 0 Å². The van der Waals surface area contributed by atoms with E-state index in [9.17, 15) is 18.0 Å². The molecule has 0 unspecified atom stereocenters. The number of carbonyl (C=O) groups excluding carboxylic acids is 2. The van der Waals surface area contributed by atoms with Gasteiger partial charge in [0.1, 0.15) is 12.6 Å². The van der Waals surface area contributed by atoms with Crippen LogP contribution in [0.2, 0.25) is 10.0 Å². The molecule has 0 saturated heterocycles. The molecule has 0 radical (unpaired) electrons. The molecule has 3 aromatic rings. The number of benzene rings is 3. The van der Waals surface area contributed by atoms with Crippen molar-refractivity contribution >= 4 is 66.7 Å². The lowest BCUT2D eigenvalue weighted by Gasteiger charge is -2.34. The van der Waals surface area contributed by atoms with Crippen LogP contribution < -0.4 is 9.62 Å². The number of amides is 2. The van der Waals surface area contributed by atoms with Crippen LogP contribution in [0.3, 0.4) is 0 Å². The van der Waals surface area contributed by atoms with Crippen molar-refractivity contribution in [3.8, 4) is 0 Å². The van der Waals surface area contributed by atoms with Crippen molar-refractivity contribution < 1.29 is 18.0 Å². The van der Waals surface area contributed by atoms with Gasteiger partial charge < -0.3 is 10.2 Å². The van der Waals surface area contributed by atoms with Crippen LogP contribution in [0, 0.1) is 0 Å². The van der Waals surface area contributed by atoms with E-state index in [2.05, 4.69) is 21.2 Å². The van der Waals surface area contributed by atoms with Crippen LogP contribution in [-0.2, 0) is 32.6 Å². The number of sulfonamides is 1. The van der Waals surface area contributed by atoms with E-state index < -0.39 is 28.5 Å². The summed E-state index contributed by atoms with van der Waals surface area (Å²) in [5.41, 5.74) is 1.59. The fourth-order valence-corrected chi connectivity index (χ4v) is 6.03. The van der Waals surface area contributed by atoms with E-state index in [4.69, 9.17) is 23.2 Å². The number of halogens is 3. The molecule has 0 aromatic heterocycles. The summed E-state index contributed by atoms with van der Waals surface area (Å²) in [6.45, 7) is 3.01. The summed E-state index contributed by atoms with van der Waals surface area (Å²) in [6.07, 6.45) is 1.23. The predicted octanol–water partition coefficient (Wildman–Crippen LogP) is 5.69. The van der Waals surface area contributed by atoms with Crippen molar-refractivity contribution in [2.45, 2.75) is 38.9 Å². The minimum atomic E-state index is -3.88. The van der Waals surface area contributed by atoms with Gasteiger partial charge in [-0.3, -0.25) is 13.9 Å². The Morgan fingerprint density at radius 3 is 2.08 bits per heavy atom. The number of carbonyl (C=O) groups is 2.